The Morgan fingerprint density at radius 2 is 1.59 bits per heavy atom. The van der Waals surface area contributed by atoms with Gasteiger partial charge in [-0.05, 0) is 45.0 Å². The summed E-state index contributed by atoms with van der Waals surface area (Å²) in [6.45, 7) is 5.12. The molecule has 0 aliphatic carbocycles. The molecule has 0 aliphatic rings. The van der Waals surface area contributed by atoms with Crippen molar-refractivity contribution >= 4 is 17.4 Å². The van der Waals surface area contributed by atoms with Gasteiger partial charge in [-0.2, -0.15) is 0 Å². The predicted octanol–water partition coefficient (Wildman–Crippen LogP) is 4.78. The molecule has 0 fully saturated rings. The molecule has 188 valence electrons. The fourth-order valence-electron chi connectivity index (χ4n) is 4.00. The molecule has 0 saturated carbocycles. The molecule has 0 unspecified atom stereocenters. The number of carbonyl (C=O) groups excluding carboxylic acids is 2. The first-order chi connectivity index (χ1) is 17.7. The van der Waals surface area contributed by atoms with E-state index >= 15 is 0 Å². The van der Waals surface area contributed by atoms with Crippen LogP contribution in [0.1, 0.15) is 40.1 Å². The summed E-state index contributed by atoms with van der Waals surface area (Å²) < 4.78 is 1.33. The van der Waals surface area contributed by atoms with Crippen molar-refractivity contribution in [3.8, 4) is 16.9 Å². The number of carbonyl (C=O) groups is 2. The SMILES string of the molecule is Cc1ccc(-n2[nH]c(-c3ccccc3)c(C(=O)CN(C(=O)c3ccc([N+](=O)[O-])cc3)C(C)C)c2=O)cc1. The number of aromatic amines is 1. The molecule has 0 saturated heterocycles. The molecule has 0 aliphatic heterocycles. The van der Waals surface area contributed by atoms with Crippen LogP contribution in [0.15, 0.2) is 83.7 Å². The number of Topliss-reactive ketones (excluding diaryl/α,β-unsaturated/α-hetero) is 1. The number of rotatable bonds is 8. The molecule has 0 atom stereocenters. The summed E-state index contributed by atoms with van der Waals surface area (Å²) in [5, 5.41) is 14.0. The van der Waals surface area contributed by atoms with Gasteiger partial charge in [-0.3, -0.25) is 29.6 Å². The zero-order valence-electron chi connectivity index (χ0n) is 20.7. The topological polar surface area (TPSA) is 118 Å². The molecule has 0 bridgehead atoms. The molecule has 3 aromatic carbocycles. The van der Waals surface area contributed by atoms with E-state index in [0.717, 1.165) is 5.56 Å². The quantitative estimate of drug-likeness (QED) is 0.213. The van der Waals surface area contributed by atoms with Crippen LogP contribution in [0.4, 0.5) is 5.69 Å². The van der Waals surface area contributed by atoms with Crippen LogP contribution in [0, 0.1) is 17.0 Å². The van der Waals surface area contributed by atoms with Crippen molar-refractivity contribution in [1.82, 2.24) is 14.7 Å². The Morgan fingerprint density at radius 1 is 0.973 bits per heavy atom. The van der Waals surface area contributed by atoms with Crippen LogP contribution in [-0.2, 0) is 0 Å². The van der Waals surface area contributed by atoms with Crippen molar-refractivity contribution < 1.29 is 14.5 Å². The molecule has 1 amide bonds. The lowest BCUT2D eigenvalue weighted by Gasteiger charge is -2.26. The zero-order chi connectivity index (χ0) is 26.7. The molecule has 1 heterocycles. The molecule has 37 heavy (non-hydrogen) atoms. The maximum atomic E-state index is 13.6. The lowest BCUT2D eigenvalue weighted by molar-refractivity contribution is -0.384. The van der Waals surface area contributed by atoms with E-state index in [1.54, 1.807) is 38.1 Å². The highest BCUT2D eigenvalue weighted by Gasteiger charge is 2.28. The van der Waals surface area contributed by atoms with Gasteiger partial charge in [0.15, 0.2) is 5.78 Å². The number of amides is 1. The predicted molar refractivity (Wildman–Crippen MR) is 140 cm³/mol. The minimum Gasteiger partial charge on any atom is -0.329 e. The van der Waals surface area contributed by atoms with Gasteiger partial charge in [0.05, 0.1) is 22.8 Å². The fourth-order valence-corrected chi connectivity index (χ4v) is 4.00. The average Bonchev–Trinajstić information content (AvgIpc) is 3.24. The molecule has 0 radical (unpaired) electrons. The molecular formula is C28H26N4O5. The van der Waals surface area contributed by atoms with Crippen molar-refractivity contribution in [2.24, 2.45) is 0 Å². The van der Waals surface area contributed by atoms with Gasteiger partial charge in [0.25, 0.3) is 17.2 Å². The van der Waals surface area contributed by atoms with Gasteiger partial charge in [0, 0.05) is 29.3 Å². The number of nitro groups is 1. The van der Waals surface area contributed by atoms with Gasteiger partial charge in [0.1, 0.15) is 5.56 Å². The van der Waals surface area contributed by atoms with Crippen LogP contribution in [0.3, 0.4) is 0 Å². The second-order valence-electron chi connectivity index (χ2n) is 8.96. The number of ketones is 1. The summed E-state index contributed by atoms with van der Waals surface area (Å²) in [6, 6.07) is 21.2. The van der Waals surface area contributed by atoms with Crippen molar-refractivity contribution in [2.45, 2.75) is 26.8 Å². The standard InChI is InChI=1S/C28H26N4O5/c1-18(2)30(27(34)21-11-15-23(16-12-21)32(36)37)17-24(33)25-26(20-7-5-4-6-8-20)29-31(28(25)35)22-13-9-19(3)10-14-22/h4-16,18,29H,17H2,1-3H3. The maximum absolute atomic E-state index is 13.6. The lowest BCUT2D eigenvalue weighted by atomic mass is 10.0. The summed E-state index contributed by atoms with van der Waals surface area (Å²) in [5.41, 5.74) is 2.14. The van der Waals surface area contributed by atoms with Crippen molar-refractivity contribution in [3.05, 3.63) is 116 Å². The molecule has 1 N–H and O–H groups in total. The van der Waals surface area contributed by atoms with E-state index < -0.39 is 22.2 Å². The number of nitrogens with zero attached hydrogens (tertiary/aromatic N) is 3. The fraction of sp³-hybridized carbons (Fsp3) is 0.179. The third kappa shape index (κ3) is 5.25. The van der Waals surface area contributed by atoms with Crippen LogP contribution >= 0.6 is 0 Å². The van der Waals surface area contributed by atoms with Gasteiger partial charge in [0.2, 0.25) is 0 Å². The van der Waals surface area contributed by atoms with E-state index in [0.29, 0.717) is 16.9 Å². The largest absolute Gasteiger partial charge is 0.329 e. The number of hydrogen-bond acceptors (Lipinski definition) is 5. The van der Waals surface area contributed by atoms with Crippen LogP contribution in [0.25, 0.3) is 16.9 Å². The number of H-pyrrole nitrogens is 1. The Kier molecular flexibility index (Phi) is 7.15. The molecule has 9 nitrogen and oxygen atoms in total. The average molecular weight is 499 g/mol. The second-order valence-corrected chi connectivity index (χ2v) is 8.96. The maximum Gasteiger partial charge on any atom is 0.282 e. The Morgan fingerprint density at radius 3 is 2.16 bits per heavy atom. The smallest absolute Gasteiger partial charge is 0.282 e. The molecule has 4 rings (SSSR count). The van der Waals surface area contributed by atoms with Crippen LogP contribution in [0.2, 0.25) is 0 Å². The van der Waals surface area contributed by atoms with E-state index in [9.17, 15) is 24.5 Å². The normalized spacial score (nSPS) is 10.9. The van der Waals surface area contributed by atoms with Gasteiger partial charge in [-0.15, -0.1) is 0 Å². The summed E-state index contributed by atoms with van der Waals surface area (Å²) in [4.78, 5) is 52.2. The molecule has 4 aromatic rings. The number of aromatic nitrogens is 2. The lowest BCUT2D eigenvalue weighted by Crippen LogP contribution is -2.41. The Balaban J connectivity index is 1.73. The Labute approximate surface area is 213 Å². The van der Waals surface area contributed by atoms with Crippen molar-refractivity contribution in [2.75, 3.05) is 6.54 Å². The molecule has 9 heteroatoms. The Bertz CT molecular complexity index is 1500. The number of aryl methyl sites for hydroxylation is 1. The molecule has 0 spiro atoms. The van der Waals surface area contributed by atoms with Crippen molar-refractivity contribution in [1.29, 1.82) is 0 Å². The van der Waals surface area contributed by atoms with E-state index in [4.69, 9.17) is 0 Å². The van der Waals surface area contributed by atoms with E-state index in [-0.39, 0.29) is 29.4 Å². The highest BCUT2D eigenvalue weighted by molar-refractivity contribution is 6.05. The second kappa shape index (κ2) is 10.4. The summed E-state index contributed by atoms with van der Waals surface area (Å²) >= 11 is 0. The summed E-state index contributed by atoms with van der Waals surface area (Å²) in [6.07, 6.45) is 0. The third-order valence-corrected chi connectivity index (χ3v) is 6.05. The van der Waals surface area contributed by atoms with E-state index in [1.807, 2.05) is 37.3 Å². The number of hydrogen-bond donors (Lipinski definition) is 1. The van der Waals surface area contributed by atoms with Crippen LogP contribution < -0.4 is 5.56 Å². The van der Waals surface area contributed by atoms with Gasteiger partial charge >= 0.3 is 0 Å². The number of nitrogens with one attached hydrogen (secondary N) is 1. The summed E-state index contributed by atoms with van der Waals surface area (Å²) in [7, 11) is 0. The first-order valence-corrected chi connectivity index (χ1v) is 11.7. The van der Waals surface area contributed by atoms with E-state index in [1.165, 1.54) is 33.8 Å². The van der Waals surface area contributed by atoms with E-state index in [2.05, 4.69) is 5.10 Å². The Hall–Kier alpha value is -4.79. The molecule has 1 aromatic heterocycles. The van der Waals surface area contributed by atoms with Gasteiger partial charge in [-0.1, -0.05) is 48.0 Å². The van der Waals surface area contributed by atoms with Crippen molar-refractivity contribution in [3.63, 3.8) is 0 Å². The van der Waals surface area contributed by atoms with Gasteiger partial charge in [-0.25, -0.2) is 4.68 Å². The minimum absolute atomic E-state index is 0.0473. The highest BCUT2D eigenvalue weighted by atomic mass is 16.6. The first-order valence-electron chi connectivity index (χ1n) is 11.7. The minimum atomic E-state index is -0.548. The number of non-ortho nitro benzene ring substituents is 1. The van der Waals surface area contributed by atoms with Gasteiger partial charge < -0.3 is 4.90 Å². The number of nitro benzene ring substituents is 1. The highest BCUT2D eigenvalue weighted by Crippen LogP contribution is 2.22. The van der Waals surface area contributed by atoms with Crippen LogP contribution in [-0.4, -0.2) is 43.9 Å². The number of benzene rings is 3. The summed E-state index contributed by atoms with van der Waals surface area (Å²) in [5.74, 6) is -0.983. The van der Waals surface area contributed by atoms with Crippen LogP contribution in [0.5, 0.6) is 0 Å². The third-order valence-electron chi connectivity index (χ3n) is 6.05. The molecular weight excluding hydrogens is 472 g/mol. The monoisotopic (exact) mass is 498 g/mol. The first kappa shape index (κ1) is 25.3. The zero-order valence-corrected chi connectivity index (χ0v) is 20.7.